The molecule has 0 aliphatic rings. The Morgan fingerprint density at radius 2 is 2.06 bits per heavy atom. The van der Waals surface area contributed by atoms with E-state index in [2.05, 4.69) is 33.7 Å². The Kier molecular flexibility index (Phi) is 4.10. The summed E-state index contributed by atoms with van der Waals surface area (Å²) < 4.78 is 0. The van der Waals surface area contributed by atoms with Gasteiger partial charge in [0.05, 0.1) is 6.54 Å². The molecule has 5 heteroatoms. The Bertz CT molecular complexity index is 493. The van der Waals surface area contributed by atoms with E-state index in [1.54, 1.807) is 11.8 Å². The van der Waals surface area contributed by atoms with Gasteiger partial charge in [-0.3, -0.25) is 0 Å². The molecule has 17 heavy (non-hydrogen) atoms. The van der Waals surface area contributed by atoms with Crippen molar-refractivity contribution in [2.45, 2.75) is 11.4 Å². The van der Waals surface area contributed by atoms with Gasteiger partial charge in [-0.2, -0.15) is 0 Å². The van der Waals surface area contributed by atoms with Gasteiger partial charge in [-0.1, -0.05) is 23.7 Å². The Labute approximate surface area is 110 Å². The third-order valence-corrected chi connectivity index (χ3v) is 3.43. The minimum absolute atomic E-state index is 0.590. The molecule has 1 heterocycles. The first-order valence-electron chi connectivity index (χ1n) is 5.28. The second-order valence-electron chi connectivity index (χ2n) is 3.60. The van der Waals surface area contributed by atoms with Crippen LogP contribution in [0.1, 0.15) is 5.82 Å². The monoisotopic (exact) mass is 267 g/mol. The summed E-state index contributed by atoms with van der Waals surface area (Å²) in [7, 11) is 1.88. The van der Waals surface area contributed by atoms with Gasteiger partial charge in [0, 0.05) is 10.5 Å². The quantitative estimate of drug-likeness (QED) is 0.836. The standard InChI is InChI=1S/C12H14ClN3S/c1-14-7-10-15-11(12(13)16-10)8-3-5-9(17-2)6-4-8/h3-6,14H,7H2,1-2H3,(H,15,16). The first-order chi connectivity index (χ1) is 8.24. The number of thioether (sulfide) groups is 1. The summed E-state index contributed by atoms with van der Waals surface area (Å²) in [6, 6.07) is 8.22. The molecule has 0 bridgehead atoms. The van der Waals surface area contributed by atoms with Crippen LogP contribution in [-0.2, 0) is 6.54 Å². The fraction of sp³-hybridized carbons (Fsp3) is 0.250. The Morgan fingerprint density at radius 3 is 2.65 bits per heavy atom. The Balaban J connectivity index is 2.31. The topological polar surface area (TPSA) is 40.7 Å². The normalized spacial score (nSPS) is 10.8. The molecule has 0 saturated carbocycles. The molecule has 0 atom stereocenters. The van der Waals surface area contributed by atoms with Crippen molar-refractivity contribution in [3.63, 3.8) is 0 Å². The van der Waals surface area contributed by atoms with Gasteiger partial charge in [0.2, 0.25) is 0 Å². The summed E-state index contributed by atoms with van der Waals surface area (Å²) in [5.74, 6) is 0.849. The Hall–Kier alpha value is -0.970. The van der Waals surface area contributed by atoms with Crippen LogP contribution in [0.25, 0.3) is 11.3 Å². The zero-order valence-electron chi connectivity index (χ0n) is 9.75. The van der Waals surface area contributed by atoms with Crippen LogP contribution in [0.2, 0.25) is 5.15 Å². The highest BCUT2D eigenvalue weighted by atomic mass is 35.5. The third kappa shape index (κ3) is 2.83. The molecule has 3 nitrogen and oxygen atoms in total. The van der Waals surface area contributed by atoms with E-state index in [1.807, 2.05) is 19.2 Å². The number of nitrogens with zero attached hydrogens (tertiary/aromatic N) is 1. The second-order valence-corrected chi connectivity index (χ2v) is 4.86. The van der Waals surface area contributed by atoms with Crippen LogP contribution in [0.4, 0.5) is 0 Å². The zero-order valence-corrected chi connectivity index (χ0v) is 11.3. The van der Waals surface area contributed by atoms with Gasteiger partial charge in [-0.05, 0) is 25.4 Å². The minimum Gasteiger partial charge on any atom is -0.331 e. The second kappa shape index (κ2) is 5.58. The summed E-state index contributed by atoms with van der Waals surface area (Å²) in [4.78, 5) is 8.76. The largest absolute Gasteiger partial charge is 0.331 e. The molecule has 2 rings (SSSR count). The van der Waals surface area contributed by atoms with Crippen LogP contribution in [0.5, 0.6) is 0 Å². The molecule has 0 fully saturated rings. The SMILES string of the molecule is CNCc1nc(-c2ccc(SC)cc2)c(Cl)[nH]1. The van der Waals surface area contributed by atoms with Crippen LogP contribution in [-0.4, -0.2) is 23.3 Å². The van der Waals surface area contributed by atoms with Crippen molar-refractivity contribution >= 4 is 23.4 Å². The van der Waals surface area contributed by atoms with Crippen LogP contribution in [0, 0.1) is 0 Å². The highest BCUT2D eigenvalue weighted by Crippen LogP contribution is 2.27. The number of aromatic nitrogens is 2. The number of halogens is 1. The van der Waals surface area contributed by atoms with E-state index in [4.69, 9.17) is 11.6 Å². The molecule has 0 amide bonds. The van der Waals surface area contributed by atoms with Crippen LogP contribution >= 0.6 is 23.4 Å². The molecule has 2 aromatic rings. The number of rotatable bonds is 4. The molecule has 90 valence electrons. The number of hydrogen-bond acceptors (Lipinski definition) is 3. The van der Waals surface area contributed by atoms with Gasteiger partial charge in [0.25, 0.3) is 0 Å². The molecule has 0 radical (unpaired) electrons. The van der Waals surface area contributed by atoms with Crippen molar-refractivity contribution in [2.75, 3.05) is 13.3 Å². The lowest BCUT2D eigenvalue weighted by molar-refractivity contribution is 0.772. The number of H-pyrrole nitrogens is 1. The number of hydrogen-bond donors (Lipinski definition) is 2. The van der Waals surface area contributed by atoms with Crippen molar-refractivity contribution in [1.82, 2.24) is 15.3 Å². The van der Waals surface area contributed by atoms with Gasteiger partial charge in [-0.25, -0.2) is 4.98 Å². The molecular weight excluding hydrogens is 254 g/mol. The summed E-state index contributed by atoms with van der Waals surface area (Å²) in [5.41, 5.74) is 1.84. The predicted octanol–water partition coefficient (Wildman–Crippen LogP) is 3.17. The van der Waals surface area contributed by atoms with Gasteiger partial charge < -0.3 is 10.3 Å². The van der Waals surface area contributed by atoms with E-state index < -0.39 is 0 Å². The van der Waals surface area contributed by atoms with Crippen LogP contribution in [0.3, 0.4) is 0 Å². The fourth-order valence-corrected chi connectivity index (χ4v) is 2.26. The molecule has 1 aromatic heterocycles. The van der Waals surface area contributed by atoms with E-state index in [0.717, 1.165) is 17.1 Å². The molecule has 0 spiro atoms. The average molecular weight is 268 g/mol. The maximum absolute atomic E-state index is 6.14. The summed E-state index contributed by atoms with van der Waals surface area (Å²) in [6.07, 6.45) is 2.06. The summed E-state index contributed by atoms with van der Waals surface area (Å²) in [6.45, 7) is 0.683. The predicted molar refractivity (Wildman–Crippen MR) is 73.6 cm³/mol. The van der Waals surface area contributed by atoms with Crippen LogP contribution in [0.15, 0.2) is 29.2 Å². The Morgan fingerprint density at radius 1 is 1.35 bits per heavy atom. The number of benzene rings is 1. The molecule has 0 aliphatic heterocycles. The van der Waals surface area contributed by atoms with Crippen molar-refractivity contribution in [2.24, 2.45) is 0 Å². The van der Waals surface area contributed by atoms with Gasteiger partial charge in [-0.15, -0.1) is 11.8 Å². The van der Waals surface area contributed by atoms with Crippen molar-refractivity contribution in [1.29, 1.82) is 0 Å². The smallest absolute Gasteiger partial charge is 0.134 e. The number of imidazole rings is 1. The highest BCUT2D eigenvalue weighted by Gasteiger charge is 2.09. The maximum atomic E-state index is 6.14. The highest BCUT2D eigenvalue weighted by molar-refractivity contribution is 7.98. The molecular formula is C12H14ClN3S. The first-order valence-corrected chi connectivity index (χ1v) is 6.88. The van der Waals surface area contributed by atoms with Gasteiger partial charge >= 0.3 is 0 Å². The van der Waals surface area contributed by atoms with Crippen LogP contribution < -0.4 is 5.32 Å². The van der Waals surface area contributed by atoms with Gasteiger partial charge in [0.1, 0.15) is 16.7 Å². The number of aromatic amines is 1. The van der Waals surface area contributed by atoms with Gasteiger partial charge in [0.15, 0.2) is 0 Å². The number of nitrogens with one attached hydrogen (secondary N) is 2. The zero-order chi connectivity index (χ0) is 12.3. The molecule has 0 unspecified atom stereocenters. The van der Waals surface area contributed by atoms with E-state index >= 15 is 0 Å². The summed E-state index contributed by atoms with van der Waals surface area (Å²) >= 11 is 7.86. The van der Waals surface area contributed by atoms with E-state index in [0.29, 0.717) is 11.7 Å². The minimum atomic E-state index is 0.590. The lowest BCUT2D eigenvalue weighted by Gasteiger charge is -1.99. The van der Waals surface area contributed by atoms with E-state index in [9.17, 15) is 0 Å². The first kappa shape index (κ1) is 12.5. The molecule has 1 aromatic carbocycles. The van der Waals surface area contributed by atoms with E-state index in [1.165, 1.54) is 4.90 Å². The summed E-state index contributed by atoms with van der Waals surface area (Å²) in [5, 5.41) is 3.63. The fourth-order valence-electron chi connectivity index (χ4n) is 1.59. The molecule has 2 N–H and O–H groups in total. The van der Waals surface area contributed by atoms with Crippen molar-refractivity contribution in [3.05, 3.63) is 35.2 Å². The van der Waals surface area contributed by atoms with Crippen molar-refractivity contribution in [3.8, 4) is 11.3 Å². The molecule has 0 saturated heterocycles. The lowest BCUT2D eigenvalue weighted by atomic mass is 10.2. The molecule has 0 aliphatic carbocycles. The van der Waals surface area contributed by atoms with E-state index in [-0.39, 0.29) is 0 Å². The third-order valence-electron chi connectivity index (χ3n) is 2.42. The lowest BCUT2D eigenvalue weighted by Crippen LogP contribution is -2.06. The maximum Gasteiger partial charge on any atom is 0.134 e. The van der Waals surface area contributed by atoms with Crippen molar-refractivity contribution < 1.29 is 0 Å². The average Bonchev–Trinajstić information content (AvgIpc) is 2.71.